The lowest BCUT2D eigenvalue weighted by Gasteiger charge is -2.18. The molecule has 3 aliphatic rings. The van der Waals surface area contributed by atoms with Crippen molar-refractivity contribution in [3.05, 3.63) is 11.5 Å². The molecule has 6 N–H and O–H groups in total. The zero-order chi connectivity index (χ0) is 11.8. The van der Waals surface area contributed by atoms with Gasteiger partial charge in [0.05, 0.1) is 6.61 Å². The van der Waals surface area contributed by atoms with Crippen LogP contribution in [-0.2, 0) is 4.74 Å². The molecular formula is C10H18N5O2+. The summed E-state index contributed by atoms with van der Waals surface area (Å²) >= 11 is 0. The molecular weight excluding hydrogens is 222 g/mol. The summed E-state index contributed by atoms with van der Waals surface area (Å²) < 4.78 is 7.76. The Hall–Kier alpha value is -1.31. The van der Waals surface area contributed by atoms with Gasteiger partial charge in [-0.3, -0.25) is 10.6 Å². The van der Waals surface area contributed by atoms with Crippen molar-refractivity contribution in [1.82, 2.24) is 16.0 Å². The van der Waals surface area contributed by atoms with Gasteiger partial charge in [0.1, 0.15) is 24.6 Å². The maximum Gasteiger partial charge on any atom is 0.302 e. The van der Waals surface area contributed by atoms with Crippen LogP contribution in [0, 0.1) is 0 Å². The lowest BCUT2D eigenvalue weighted by atomic mass is 10.2. The molecule has 94 valence electrons. The van der Waals surface area contributed by atoms with Crippen LogP contribution in [-0.4, -0.2) is 47.8 Å². The molecule has 0 spiro atoms. The Kier molecular flexibility index (Phi) is 2.65. The van der Waals surface area contributed by atoms with Crippen LogP contribution < -0.4 is 21.7 Å². The number of aliphatic hydroxyl groups is 1. The zero-order valence-electron chi connectivity index (χ0n) is 9.57. The van der Waals surface area contributed by atoms with E-state index in [9.17, 15) is 0 Å². The molecule has 2 unspecified atom stereocenters. The molecule has 0 aromatic carbocycles. The van der Waals surface area contributed by atoms with Gasteiger partial charge < -0.3 is 20.9 Å². The van der Waals surface area contributed by atoms with Crippen molar-refractivity contribution in [2.45, 2.75) is 25.1 Å². The minimum Gasteiger partial charge on any atom is -0.460 e. The third-order valence-electron chi connectivity index (χ3n) is 3.33. The van der Waals surface area contributed by atoms with Gasteiger partial charge in [0.2, 0.25) is 0 Å². The zero-order valence-corrected chi connectivity index (χ0v) is 9.57. The number of nitrogens with two attached hydrogens (primary N) is 1. The van der Waals surface area contributed by atoms with Gasteiger partial charge >= 0.3 is 5.82 Å². The predicted molar refractivity (Wildman–Crippen MR) is 60.6 cm³/mol. The topological polar surface area (TPSA) is 94.6 Å². The summed E-state index contributed by atoms with van der Waals surface area (Å²) in [6.07, 6.45) is 1.50. The lowest BCUT2D eigenvalue weighted by Crippen LogP contribution is -2.51. The standard InChI is InChI=1S/C10H18N5O2/c11-9-8-10(13-4-12-9)15(5-14-8)7-2-1-6(3-16)17-7/h6,9,12-14,16H,1-5,11H2/q+1/b15-7+. The molecule has 0 amide bonds. The van der Waals surface area contributed by atoms with E-state index in [1.54, 1.807) is 0 Å². The average molecular weight is 240 g/mol. The van der Waals surface area contributed by atoms with E-state index < -0.39 is 0 Å². The molecule has 0 aromatic heterocycles. The molecule has 3 aliphatic heterocycles. The number of hydrogen-bond donors (Lipinski definition) is 5. The summed E-state index contributed by atoms with van der Waals surface area (Å²) in [6, 6.07) is 0. The molecule has 0 bridgehead atoms. The van der Waals surface area contributed by atoms with E-state index in [1.165, 1.54) is 0 Å². The first-order valence-corrected chi connectivity index (χ1v) is 5.91. The van der Waals surface area contributed by atoms with E-state index in [0.717, 1.165) is 30.3 Å². The van der Waals surface area contributed by atoms with Gasteiger partial charge in [-0.15, -0.1) is 0 Å². The Morgan fingerprint density at radius 2 is 2.35 bits per heavy atom. The summed E-state index contributed by atoms with van der Waals surface area (Å²) in [4.78, 5) is 0. The van der Waals surface area contributed by atoms with Crippen LogP contribution in [0.1, 0.15) is 12.8 Å². The maximum absolute atomic E-state index is 9.07. The van der Waals surface area contributed by atoms with Crippen molar-refractivity contribution < 1.29 is 14.4 Å². The number of aliphatic hydroxyl groups excluding tert-OH is 1. The van der Waals surface area contributed by atoms with E-state index in [-0.39, 0.29) is 18.9 Å². The Morgan fingerprint density at radius 1 is 1.47 bits per heavy atom. The Morgan fingerprint density at radius 3 is 3.12 bits per heavy atom. The van der Waals surface area contributed by atoms with Gasteiger partial charge in [0.25, 0.3) is 5.90 Å². The fourth-order valence-corrected chi connectivity index (χ4v) is 2.40. The van der Waals surface area contributed by atoms with Crippen LogP contribution in [0.3, 0.4) is 0 Å². The van der Waals surface area contributed by atoms with E-state index in [0.29, 0.717) is 13.3 Å². The predicted octanol–water partition coefficient (Wildman–Crippen LogP) is -2.27. The largest absolute Gasteiger partial charge is 0.460 e. The minimum atomic E-state index is -0.160. The van der Waals surface area contributed by atoms with Gasteiger partial charge in [-0.25, -0.2) is 0 Å². The summed E-state index contributed by atoms with van der Waals surface area (Å²) in [6.45, 7) is 1.39. The minimum absolute atomic E-state index is 0.0648. The quantitative estimate of drug-likeness (QED) is 0.332. The Labute approximate surface area is 99.3 Å². The molecule has 17 heavy (non-hydrogen) atoms. The van der Waals surface area contributed by atoms with Crippen LogP contribution in [0.2, 0.25) is 0 Å². The molecule has 0 saturated carbocycles. The SMILES string of the molecule is NC1NCNC2=C1NC/[N+]2=C1/CCC(CO)O1. The molecule has 7 heteroatoms. The Balaban J connectivity index is 1.88. The fraction of sp³-hybridized carbons (Fsp3) is 0.700. The van der Waals surface area contributed by atoms with Gasteiger partial charge in [-0.05, 0) is 6.42 Å². The third kappa shape index (κ3) is 1.76. The molecule has 0 radical (unpaired) electrons. The molecule has 0 aliphatic carbocycles. The molecule has 0 aromatic rings. The van der Waals surface area contributed by atoms with Crippen LogP contribution in [0.15, 0.2) is 11.5 Å². The van der Waals surface area contributed by atoms with Gasteiger partial charge in [0, 0.05) is 6.42 Å². The maximum atomic E-state index is 9.07. The smallest absolute Gasteiger partial charge is 0.302 e. The molecule has 1 fully saturated rings. The lowest BCUT2D eigenvalue weighted by molar-refractivity contribution is -0.486. The molecule has 3 heterocycles. The van der Waals surface area contributed by atoms with E-state index >= 15 is 0 Å². The monoisotopic (exact) mass is 240 g/mol. The highest BCUT2D eigenvalue weighted by molar-refractivity contribution is 5.73. The van der Waals surface area contributed by atoms with E-state index in [2.05, 4.69) is 20.5 Å². The summed E-state index contributed by atoms with van der Waals surface area (Å²) in [5.41, 5.74) is 6.92. The molecule has 7 nitrogen and oxygen atoms in total. The summed E-state index contributed by atoms with van der Waals surface area (Å²) in [7, 11) is 0. The third-order valence-corrected chi connectivity index (χ3v) is 3.33. The van der Waals surface area contributed by atoms with Gasteiger partial charge in [0.15, 0.2) is 6.67 Å². The van der Waals surface area contributed by atoms with Crippen molar-refractivity contribution >= 4 is 5.90 Å². The van der Waals surface area contributed by atoms with Crippen LogP contribution in [0.4, 0.5) is 0 Å². The van der Waals surface area contributed by atoms with E-state index in [1.807, 2.05) is 0 Å². The highest BCUT2D eigenvalue weighted by atomic mass is 16.5. The first-order chi connectivity index (χ1) is 8.29. The first kappa shape index (κ1) is 10.8. The molecule has 1 saturated heterocycles. The number of hydrogen-bond acceptors (Lipinski definition) is 6. The molecule has 3 rings (SSSR count). The number of ether oxygens (including phenoxy) is 1. The fourth-order valence-electron chi connectivity index (χ4n) is 2.40. The van der Waals surface area contributed by atoms with Crippen LogP contribution in [0.5, 0.6) is 0 Å². The normalized spacial score (nSPS) is 36.4. The van der Waals surface area contributed by atoms with Crippen molar-refractivity contribution in [1.29, 1.82) is 0 Å². The summed E-state index contributed by atoms with van der Waals surface area (Å²) in [5, 5.41) is 18.7. The van der Waals surface area contributed by atoms with Crippen LogP contribution >= 0.6 is 0 Å². The highest BCUT2D eigenvalue weighted by Gasteiger charge is 2.37. The average Bonchev–Trinajstić information content (AvgIpc) is 2.94. The number of nitrogens with one attached hydrogen (secondary N) is 3. The van der Waals surface area contributed by atoms with Crippen molar-refractivity contribution in [3.8, 4) is 0 Å². The van der Waals surface area contributed by atoms with Crippen molar-refractivity contribution in [2.75, 3.05) is 19.9 Å². The highest BCUT2D eigenvalue weighted by Crippen LogP contribution is 2.19. The first-order valence-electron chi connectivity index (χ1n) is 5.91. The van der Waals surface area contributed by atoms with Crippen LogP contribution in [0.25, 0.3) is 0 Å². The van der Waals surface area contributed by atoms with E-state index in [4.69, 9.17) is 15.6 Å². The van der Waals surface area contributed by atoms with Gasteiger partial charge in [-0.1, -0.05) is 0 Å². The number of rotatable bonds is 1. The number of nitrogens with zero attached hydrogens (tertiary/aromatic N) is 1. The molecule has 2 atom stereocenters. The second-order valence-corrected chi connectivity index (χ2v) is 4.42. The second-order valence-electron chi connectivity index (χ2n) is 4.42. The second kappa shape index (κ2) is 4.17. The van der Waals surface area contributed by atoms with Gasteiger partial charge in [-0.2, -0.15) is 4.58 Å². The van der Waals surface area contributed by atoms with Crippen molar-refractivity contribution in [2.24, 2.45) is 5.73 Å². The van der Waals surface area contributed by atoms with Crippen molar-refractivity contribution in [3.63, 3.8) is 0 Å². The summed E-state index contributed by atoms with van der Waals surface area (Å²) in [5.74, 6) is 1.90. The Bertz CT molecular complexity index is 392.